The summed E-state index contributed by atoms with van der Waals surface area (Å²) < 4.78 is 0. The van der Waals surface area contributed by atoms with Crippen LogP contribution in [0.4, 0.5) is 4.79 Å². The smallest absolute Gasteiger partial charge is 0.325 e. The second kappa shape index (κ2) is 13.9. The molecule has 0 aromatic carbocycles. The van der Waals surface area contributed by atoms with Gasteiger partial charge in [0.2, 0.25) is 5.91 Å². The lowest BCUT2D eigenvalue weighted by Gasteiger charge is -2.17. The number of nitrogens with zero attached hydrogens (tertiary/aromatic N) is 1. The molecule has 0 aliphatic rings. The van der Waals surface area contributed by atoms with Crippen molar-refractivity contribution in [3.8, 4) is 0 Å². The van der Waals surface area contributed by atoms with Crippen LogP contribution >= 0.6 is 12.6 Å². The first-order valence-electron chi connectivity index (χ1n) is 8.20. The maximum atomic E-state index is 11.4. The fourth-order valence-electron chi connectivity index (χ4n) is 1.91. The number of amides is 3. The standard InChI is InChI=1S/C15H30N4O4S/c1-12(14(21)22)18-15(23)17-7-10-19(2)9-5-3-4-6-13(20)16-8-11-24/h12,24H,3-11H2,1-2H3,(H,16,20)(H,21,22)(H2,17,18,23)/t12-/m0/s1. The molecule has 0 radical (unpaired) electrons. The average molecular weight is 362 g/mol. The van der Waals surface area contributed by atoms with E-state index < -0.39 is 18.0 Å². The molecule has 0 saturated heterocycles. The maximum absolute atomic E-state index is 11.4. The summed E-state index contributed by atoms with van der Waals surface area (Å²) in [6, 6.07) is -1.39. The van der Waals surface area contributed by atoms with E-state index in [9.17, 15) is 14.4 Å². The Morgan fingerprint density at radius 2 is 1.79 bits per heavy atom. The van der Waals surface area contributed by atoms with Crippen LogP contribution < -0.4 is 16.0 Å². The first-order chi connectivity index (χ1) is 11.4. The second-order valence-electron chi connectivity index (χ2n) is 5.65. The van der Waals surface area contributed by atoms with Crippen molar-refractivity contribution < 1.29 is 19.5 Å². The molecule has 0 aromatic heterocycles. The van der Waals surface area contributed by atoms with Gasteiger partial charge in [0.05, 0.1) is 0 Å². The van der Waals surface area contributed by atoms with E-state index in [-0.39, 0.29) is 5.91 Å². The molecule has 0 aromatic rings. The summed E-state index contributed by atoms with van der Waals surface area (Å²) in [6.07, 6.45) is 3.36. The summed E-state index contributed by atoms with van der Waals surface area (Å²) in [5.74, 6) is -0.345. The number of hydrogen-bond donors (Lipinski definition) is 5. The van der Waals surface area contributed by atoms with Crippen LogP contribution in [0.5, 0.6) is 0 Å². The van der Waals surface area contributed by atoms with Crippen LogP contribution in [0.1, 0.15) is 32.6 Å². The second-order valence-corrected chi connectivity index (χ2v) is 6.09. The molecule has 0 saturated carbocycles. The molecule has 0 heterocycles. The average Bonchev–Trinajstić information content (AvgIpc) is 2.52. The number of nitrogens with one attached hydrogen (secondary N) is 3. The molecule has 0 bridgehead atoms. The van der Waals surface area contributed by atoms with Crippen molar-refractivity contribution in [2.24, 2.45) is 0 Å². The highest BCUT2D eigenvalue weighted by Gasteiger charge is 2.13. The first-order valence-corrected chi connectivity index (χ1v) is 8.83. The quantitative estimate of drug-likeness (QED) is 0.239. The van der Waals surface area contributed by atoms with Crippen molar-refractivity contribution >= 4 is 30.5 Å². The molecule has 0 unspecified atom stereocenters. The SMILES string of the molecule is C[C@H](NC(=O)NCCN(C)CCCCCC(=O)NCCS)C(=O)O. The lowest BCUT2D eigenvalue weighted by Crippen LogP contribution is -2.46. The van der Waals surface area contributed by atoms with Crippen molar-refractivity contribution in [1.29, 1.82) is 0 Å². The van der Waals surface area contributed by atoms with E-state index in [0.29, 0.717) is 31.8 Å². The number of aliphatic carboxylic acids is 1. The van der Waals surface area contributed by atoms with Crippen LogP contribution in [0, 0.1) is 0 Å². The molecule has 24 heavy (non-hydrogen) atoms. The fraction of sp³-hybridized carbons (Fsp3) is 0.800. The van der Waals surface area contributed by atoms with Gasteiger partial charge < -0.3 is 26.0 Å². The summed E-state index contributed by atoms with van der Waals surface area (Å²) >= 11 is 4.03. The minimum absolute atomic E-state index is 0.0724. The minimum Gasteiger partial charge on any atom is -0.480 e. The van der Waals surface area contributed by atoms with Gasteiger partial charge >= 0.3 is 12.0 Å². The number of carboxylic acids is 1. The highest BCUT2D eigenvalue weighted by Crippen LogP contribution is 2.01. The lowest BCUT2D eigenvalue weighted by molar-refractivity contribution is -0.138. The Labute approximate surface area is 149 Å². The molecule has 8 nitrogen and oxygen atoms in total. The van der Waals surface area contributed by atoms with Crippen molar-refractivity contribution in [3.05, 3.63) is 0 Å². The number of carbonyl (C=O) groups excluding carboxylic acids is 2. The normalized spacial score (nSPS) is 11.8. The Morgan fingerprint density at radius 1 is 1.08 bits per heavy atom. The highest BCUT2D eigenvalue weighted by molar-refractivity contribution is 7.80. The van der Waals surface area contributed by atoms with Crippen LogP contribution in [0.25, 0.3) is 0 Å². The monoisotopic (exact) mass is 362 g/mol. The first kappa shape index (κ1) is 22.5. The molecule has 3 amide bonds. The molecule has 140 valence electrons. The molecule has 1 atom stereocenters. The molecular weight excluding hydrogens is 332 g/mol. The molecule has 0 spiro atoms. The third kappa shape index (κ3) is 13.0. The van der Waals surface area contributed by atoms with Crippen LogP contribution in [0.15, 0.2) is 0 Å². The van der Waals surface area contributed by atoms with E-state index in [2.05, 4.69) is 33.5 Å². The van der Waals surface area contributed by atoms with Crippen molar-refractivity contribution in [3.63, 3.8) is 0 Å². The number of likely N-dealkylation sites (N-methyl/N-ethyl adjacent to an activating group) is 1. The molecule has 9 heteroatoms. The van der Waals surface area contributed by atoms with Crippen molar-refractivity contribution in [2.45, 2.75) is 38.6 Å². The van der Waals surface area contributed by atoms with Gasteiger partial charge in [-0.1, -0.05) is 6.42 Å². The van der Waals surface area contributed by atoms with E-state index in [1.807, 2.05) is 7.05 Å². The van der Waals surface area contributed by atoms with Gasteiger partial charge in [-0.15, -0.1) is 0 Å². The Balaban J connectivity index is 3.56. The predicted molar refractivity (Wildman–Crippen MR) is 96.5 cm³/mol. The summed E-state index contributed by atoms with van der Waals surface area (Å²) in [6.45, 7) is 4.02. The third-order valence-electron chi connectivity index (χ3n) is 3.37. The van der Waals surface area contributed by atoms with Crippen LogP contribution in [0.2, 0.25) is 0 Å². The van der Waals surface area contributed by atoms with Crippen molar-refractivity contribution in [1.82, 2.24) is 20.9 Å². The molecule has 4 N–H and O–H groups in total. The number of unbranched alkanes of at least 4 members (excludes halogenated alkanes) is 2. The fourth-order valence-corrected chi connectivity index (χ4v) is 2.02. The molecule has 0 aliphatic heterocycles. The van der Waals surface area contributed by atoms with Gasteiger partial charge in [-0.05, 0) is 33.4 Å². The van der Waals surface area contributed by atoms with Crippen LogP contribution in [-0.4, -0.2) is 72.9 Å². The number of rotatable bonds is 13. The van der Waals surface area contributed by atoms with Gasteiger partial charge in [-0.3, -0.25) is 9.59 Å². The molecule has 0 rings (SSSR count). The zero-order valence-corrected chi connectivity index (χ0v) is 15.4. The third-order valence-corrected chi connectivity index (χ3v) is 3.60. The van der Waals surface area contributed by atoms with E-state index in [4.69, 9.17) is 5.11 Å². The van der Waals surface area contributed by atoms with Crippen LogP contribution in [-0.2, 0) is 9.59 Å². The summed E-state index contributed by atoms with van der Waals surface area (Å²) in [5, 5.41) is 16.4. The molecule has 0 aliphatic carbocycles. The van der Waals surface area contributed by atoms with E-state index in [1.54, 1.807) is 0 Å². The van der Waals surface area contributed by atoms with E-state index >= 15 is 0 Å². The Morgan fingerprint density at radius 3 is 2.42 bits per heavy atom. The zero-order valence-electron chi connectivity index (χ0n) is 14.5. The number of carbonyl (C=O) groups is 3. The van der Waals surface area contributed by atoms with E-state index in [0.717, 1.165) is 25.8 Å². The minimum atomic E-state index is -1.07. The van der Waals surface area contributed by atoms with Gasteiger partial charge in [0.15, 0.2) is 0 Å². The number of urea groups is 1. The van der Waals surface area contributed by atoms with Gasteiger partial charge in [0, 0.05) is 31.8 Å². The van der Waals surface area contributed by atoms with Gasteiger partial charge in [0.1, 0.15) is 6.04 Å². The van der Waals surface area contributed by atoms with Gasteiger partial charge in [-0.2, -0.15) is 12.6 Å². The maximum Gasteiger partial charge on any atom is 0.325 e. The van der Waals surface area contributed by atoms with Crippen molar-refractivity contribution in [2.75, 3.05) is 39.0 Å². The Kier molecular flexibility index (Phi) is 13.1. The summed E-state index contributed by atoms with van der Waals surface area (Å²) in [5.41, 5.74) is 0. The van der Waals surface area contributed by atoms with E-state index in [1.165, 1.54) is 6.92 Å². The highest BCUT2D eigenvalue weighted by atomic mass is 32.1. The Hall–Kier alpha value is -1.48. The van der Waals surface area contributed by atoms with Gasteiger partial charge in [0.25, 0.3) is 0 Å². The predicted octanol–water partition coefficient (Wildman–Crippen LogP) is 0.297. The topological polar surface area (TPSA) is 111 Å². The zero-order chi connectivity index (χ0) is 18.4. The number of hydrogen-bond acceptors (Lipinski definition) is 5. The number of thiol groups is 1. The Bertz CT molecular complexity index is 396. The summed E-state index contributed by atoms with van der Waals surface area (Å²) in [7, 11) is 1.96. The largest absolute Gasteiger partial charge is 0.480 e. The molecular formula is C15H30N4O4S. The summed E-state index contributed by atoms with van der Waals surface area (Å²) in [4.78, 5) is 35.5. The van der Waals surface area contributed by atoms with Gasteiger partial charge in [-0.25, -0.2) is 4.79 Å². The van der Waals surface area contributed by atoms with Crippen LogP contribution in [0.3, 0.4) is 0 Å². The number of carboxylic acid groups (broad SMARTS) is 1. The lowest BCUT2D eigenvalue weighted by atomic mass is 10.2. The molecule has 0 fully saturated rings.